The smallest absolute Gasteiger partial charge is 0.223 e. The summed E-state index contributed by atoms with van der Waals surface area (Å²) in [5.41, 5.74) is 0. The fourth-order valence-corrected chi connectivity index (χ4v) is 2.57. The Balaban J connectivity index is 1.86. The lowest BCUT2D eigenvalue weighted by atomic mass is 10.1. The van der Waals surface area contributed by atoms with Gasteiger partial charge in [-0.25, -0.2) is 4.98 Å². The van der Waals surface area contributed by atoms with Crippen molar-refractivity contribution in [3.05, 3.63) is 16.6 Å². The van der Waals surface area contributed by atoms with Crippen LogP contribution in [0.1, 0.15) is 24.3 Å². The summed E-state index contributed by atoms with van der Waals surface area (Å²) in [5, 5.41) is 6.26. The van der Waals surface area contributed by atoms with Crippen molar-refractivity contribution in [3.63, 3.8) is 0 Å². The molecule has 0 radical (unpaired) electrons. The van der Waals surface area contributed by atoms with Gasteiger partial charge in [0.1, 0.15) is 0 Å². The van der Waals surface area contributed by atoms with E-state index in [2.05, 4.69) is 17.2 Å². The maximum atomic E-state index is 12.0. The van der Waals surface area contributed by atoms with E-state index in [9.17, 15) is 4.79 Å². The molecule has 1 N–H and O–H groups in total. The van der Waals surface area contributed by atoms with E-state index in [4.69, 9.17) is 0 Å². The highest BCUT2D eigenvalue weighted by Crippen LogP contribution is 2.21. The summed E-state index contributed by atoms with van der Waals surface area (Å²) in [5.74, 6) is 0.492. The van der Waals surface area contributed by atoms with Gasteiger partial charge in [0, 0.05) is 50.1 Å². The SMILES string of the molecule is CC(CC(=O)N1CCNCC1)c1nccs1. The molecule has 1 aliphatic rings. The quantitative estimate of drug-likeness (QED) is 0.858. The topological polar surface area (TPSA) is 45.2 Å². The average Bonchev–Trinajstić information content (AvgIpc) is 2.83. The number of carbonyl (C=O) groups is 1. The zero-order chi connectivity index (χ0) is 11.4. The molecular formula is C11H17N3OS. The number of hydrogen-bond donors (Lipinski definition) is 1. The maximum absolute atomic E-state index is 12.0. The lowest BCUT2D eigenvalue weighted by Crippen LogP contribution is -2.46. The van der Waals surface area contributed by atoms with Crippen LogP contribution in [-0.4, -0.2) is 42.0 Å². The van der Waals surface area contributed by atoms with Gasteiger partial charge in [0.25, 0.3) is 0 Å². The molecule has 1 aromatic rings. The molecule has 2 heterocycles. The highest BCUT2D eigenvalue weighted by atomic mass is 32.1. The van der Waals surface area contributed by atoms with E-state index in [1.54, 1.807) is 17.5 Å². The molecule has 4 nitrogen and oxygen atoms in total. The van der Waals surface area contributed by atoms with Gasteiger partial charge < -0.3 is 10.2 Å². The van der Waals surface area contributed by atoms with Crippen LogP contribution in [-0.2, 0) is 4.79 Å². The first-order valence-corrected chi connectivity index (χ1v) is 6.53. The first-order chi connectivity index (χ1) is 7.77. The molecule has 88 valence electrons. The Morgan fingerprint density at radius 2 is 2.38 bits per heavy atom. The van der Waals surface area contributed by atoms with Crippen molar-refractivity contribution in [1.29, 1.82) is 0 Å². The highest BCUT2D eigenvalue weighted by Gasteiger charge is 2.20. The van der Waals surface area contributed by atoms with Gasteiger partial charge in [-0.1, -0.05) is 6.92 Å². The standard InChI is InChI=1S/C11H17N3OS/c1-9(11-13-4-7-16-11)8-10(15)14-5-2-12-3-6-14/h4,7,9,12H,2-3,5-6,8H2,1H3. The van der Waals surface area contributed by atoms with Gasteiger partial charge >= 0.3 is 0 Å². The van der Waals surface area contributed by atoms with Crippen LogP contribution in [0.25, 0.3) is 0 Å². The van der Waals surface area contributed by atoms with E-state index in [1.165, 1.54) is 0 Å². The number of rotatable bonds is 3. The molecule has 0 aromatic carbocycles. The van der Waals surface area contributed by atoms with E-state index in [1.807, 2.05) is 10.3 Å². The van der Waals surface area contributed by atoms with Gasteiger partial charge in [0.2, 0.25) is 5.91 Å². The Bertz CT molecular complexity index is 333. The molecule has 1 unspecified atom stereocenters. The van der Waals surface area contributed by atoms with Gasteiger partial charge in [-0.2, -0.15) is 0 Å². The summed E-state index contributed by atoms with van der Waals surface area (Å²) in [6.45, 7) is 5.57. The van der Waals surface area contributed by atoms with Gasteiger partial charge in [0.05, 0.1) is 5.01 Å². The third kappa shape index (κ3) is 2.80. The highest BCUT2D eigenvalue weighted by molar-refractivity contribution is 7.09. The van der Waals surface area contributed by atoms with E-state index >= 15 is 0 Å². The second-order valence-electron chi connectivity index (χ2n) is 4.11. The van der Waals surface area contributed by atoms with Gasteiger partial charge in [-0.05, 0) is 0 Å². The molecule has 0 aliphatic carbocycles. The predicted molar refractivity (Wildman–Crippen MR) is 64.6 cm³/mol. The Morgan fingerprint density at radius 3 is 3.00 bits per heavy atom. The summed E-state index contributed by atoms with van der Waals surface area (Å²) in [4.78, 5) is 18.2. The molecule has 1 aromatic heterocycles. The number of thiazole rings is 1. The second kappa shape index (κ2) is 5.41. The van der Waals surface area contributed by atoms with E-state index in [0.717, 1.165) is 31.2 Å². The molecule has 1 fully saturated rings. The number of aromatic nitrogens is 1. The number of carbonyl (C=O) groups excluding carboxylic acids is 1. The molecule has 0 saturated carbocycles. The number of nitrogens with one attached hydrogen (secondary N) is 1. The fraction of sp³-hybridized carbons (Fsp3) is 0.636. The average molecular weight is 239 g/mol. The van der Waals surface area contributed by atoms with Crippen molar-refractivity contribution in [2.75, 3.05) is 26.2 Å². The molecule has 0 spiro atoms. The zero-order valence-electron chi connectivity index (χ0n) is 9.48. The summed E-state index contributed by atoms with van der Waals surface area (Å²) < 4.78 is 0. The molecule has 16 heavy (non-hydrogen) atoms. The Hall–Kier alpha value is -0.940. The van der Waals surface area contributed by atoms with E-state index < -0.39 is 0 Å². The normalized spacial score (nSPS) is 18.4. The summed E-state index contributed by atoms with van der Waals surface area (Å²) >= 11 is 1.63. The number of amides is 1. The van der Waals surface area contributed by atoms with E-state index in [-0.39, 0.29) is 11.8 Å². The lowest BCUT2D eigenvalue weighted by molar-refractivity contribution is -0.132. The minimum absolute atomic E-state index is 0.238. The minimum Gasteiger partial charge on any atom is -0.340 e. The Kier molecular flexibility index (Phi) is 3.90. The van der Waals surface area contributed by atoms with Crippen molar-refractivity contribution in [1.82, 2.24) is 15.2 Å². The van der Waals surface area contributed by atoms with Gasteiger partial charge in [-0.15, -0.1) is 11.3 Å². The number of piperazine rings is 1. The van der Waals surface area contributed by atoms with Crippen molar-refractivity contribution < 1.29 is 4.79 Å². The molecule has 0 bridgehead atoms. The van der Waals surface area contributed by atoms with Crippen molar-refractivity contribution in [2.24, 2.45) is 0 Å². The van der Waals surface area contributed by atoms with Crippen LogP contribution >= 0.6 is 11.3 Å². The van der Waals surface area contributed by atoms with E-state index in [0.29, 0.717) is 6.42 Å². The summed E-state index contributed by atoms with van der Waals surface area (Å²) in [6.07, 6.45) is 2.37. The van der Waals surface area contributed by atoms with Crippen LogP contribution in [0.4, 0.5) is 0 Å². The monoisotopic (exact) mass is 239 g/mol. The van der Waals surface area contributed by atoms with Crippen molar-refractivity contribution >= 4 is 17.2 Å². The molecule has 1 atom stereocenters. The molecule has 1 saturated heterocycles. The van der Waals surface area contributed by atoms with Crippen molar-refractivity contribution in [2.45, 2.75) is 19.3 Å². The molecule has 2 rings (SSSR count). The first-order valence-electron chi connectivity index (χ1n) is 5.65. The lowest BCUT2D eigenvalue weighted by Gasteiger charge is -2.28. The van der Waals surface area contributed by atoms with Crippen LogP contribution in [0.15, 0.2) is 11.6 Å². The zero-order valence-corrected chi connectivity index (χ0v) is 10.3. The van der Waals surface area contributed by atoms with Crippen LogP contribution in [0.5, 0.6) is 0 Å². The Morgan fingerprint density at radius 1 is 1.62 bits per heavy atom. The number of hydrogen-bond acceptors (Lipinski definition) is 4. The summed E-state index contributed by atoms with van der Waals surface area (Å²) in [7, 11) is 0. The van der Waals surface area contributed by atoms with Crippen molar-refractivity contribution in [3.8, 4) is 0 Å². The maximum Gasteiger partial charge on any atom is 0.223 e. The van der Waals surface area contributed by atoms with Gasteiger partial charge in [-0.3, -0.25) is 4.79 Å². The predicted octanol–water partition coefficient (Wildman–Crippen LogP) is 1.07. The Labute approximate surface area is 99.7 Å². The van der Waals surface area contributed by atoms with Crippen LogP contribution in [0.2, 0.25) is 0 Å². The van der Waals surface area contributed by atoms with Crippen LogP contribution < -0.4 is 5.32 Å². The number of nitrogens with zero attached hydrogens (tertiary/aromatic N) is 2. The molecule has 5 heteroatoms. The molecule has 1 aliphatic heterocycles. The molecular weight excluding hydrogens is 222 g/mol. The summed E-state index contributed by atoms with van der Waals surface area (Å²) in [6, 6.07) is 0. The largest absolute Gasteiger partial charge is 0.340 e. The third-order valence-electron chi connectivity index (χ3n) is 2.82. The molecule has 1 amide bonds. The fourth-order valence-electron chi connectivity index (χ4n) is 1.87. The second-order valence-corrected chi connectivity index (χ2v) is 5.03. The van der Waals surface area contributed by atoms with Crippen LogP contribution in [0.3, 0.4) is 0 Å². The van der Waals surface area contributed by atoms with Gasteiger partial charge in [0.15, 0.2) is 0 Å². The van der Waals surface area contributed by atoms with Crippen LogP contribution in [0, 0.1) is 0 Å². The minimum atomic E-state index is 0.238. The first kappa shape index (κ1) is 11.5. The third-order valence-corrected chi connectivity index (χ3v) is 3.83.